The van der Waals surface area contributed by atoms with Crippen LogP contribution in [0.2, 0.25) is 0 Å². The van der Waals surface area contributed by atoms with Crippen LogP contribution in [0.15, 0.2) is 24.3 Å². The minimum atomic E-state index is 0.651. The Balaban J connectivity index is 2.36. The van der Waals surface area contributed by atoms with Crippen molar-refractivity contribution < 1.29 is 4.79 Å². The maximum absolute atomic E-state index is 9.94. The molecule has 0 bridgehead atoms. The van der Waals surface area contributed by atoms with Gasteiger partial charge in [0.1, 0.15) is 0 Å². The predicted molar refractivity (Wildman–Crippen MR) is 53.7 cm³/mol. The van der Waals surface area contributed by atoms with Gasteiger partial charge in [-0.1, -0.05) is 18.2 Å². The molecule has 0 aliphatic rings. The SMILES string of the molecule is Cc1ccccc1NCCNC=O. The number of benzene rings is 1. The lowest BCUT2D eigenvalue weighted by molar-refractivity contribution is -0.109. The Morgan fingerprint density at radius 2 is 2.08 bits per heavy atom. The lowest BCUT2D eigenvalue weighted by Crippen LogP contribution is -2.20. The van der Waals surface area contributed by atoms with Gasteiger partial charge in [-0.2, -0.15) is 0 Å². The number of hydrogen-bond donors (Lipinski definition) is 2. The highest BCUT2D eigenvalue weighted by Gasteiger charge is 1.93. The van der Waals surface area contributed by atoms with Gasteiger partial charge in [0, 0.05) is 18.8 Å². The van der Waals surface area contributed by atoms with Gasteiger partial charge in [0.05, 0.1) is 0 Å². The van der Waals surface area contributed by atoms with Gasteiger partial charge < -0.3 is 10.6 Å². The van der Waals surface area contributed by atoms with Crippen LogP contribution in [0.3, 0.4) is 0 Å². The standard InChI is InChI=1S/C10H14N2O/c1-9-4-2-3-5-10(9)12-7-6-11-8-13/h2-5,8,12H,6-7H2,1H3,(H,11,13). The molecule has 70 valence electrons. The van der Waals surface area contributed by atoms with Crippen LogP contribution in [0, 0.1) is 6.92 Å². The van der Waals surface area contributed by atoms with Crippen LogP contribution >= 0.6 is 0 Å². The van der Waals surface area contributed by atoms with Crippen LogP contribution in [0.5, 0.6) is 0 Å². The molecule has 0 fully saturated rings. The van der Waals surface area contributed by atoms with E-state index in [1.165, 1.54) is 5.56 Å². The van der Waals surface area contributed by atoms with Gasteiger partial charge in [0.2, 0.25) is 6.41 Å². The number of hydrogen-bond acceptors (Lipinski definition) is 2. The number of aryl methyl sites for hydroxylation is 1. The lowest BCUT2D eigenvalue weighted by atomic mass is 10.2. The van der Waals surface area contributed by atoms with Crippen LogP contribution in [-0.2, 0) is 4.79 Å². The molecule has 2 N–H and O–H groups in total. The predicted octanol–water partition coefficient (Wildman–Crippen LogP) is 1.15. The Morgan fingerprint density at radius 1 is 1.31 bits per heavy atom. The Bertz CT molecular complexity index is 273. The number of para-hydroxylation sites is 1. The summed E-state index contributed by atoms with van der Waals surface area (Å²) in [6.07, 6.45) is 0.708. The molecule has 3 nitrogen and oxygen atoms in total. The van der Waals surface area contributed by atoms with Crippen molar-refractivity contribution in [2.75, 3.05) is 18.4 Å². The molecule has 0 atom stereocenters. The van der Waals surface area contributed by atoms with Gasteiger partial charge in [-0.05, 0) is 18.6 Å². The fourth-order valence-electron chi connectivity index (χ4n) is 1.10. The van der Waals surface area contributed by atoms with E-state index in [9.17, 15) is 4.79 Å². The first-order valence-electron chi connectivity index (χ1n) is 4.31. The summed E-state index contributed by atoms with van der Waals surface area (Å²) < 4.78 is 0. The minimum Gasteiger partial charge on any atom is -0.383 e. The number of rotatable bonds is 5. The third kappa shape index (κ3) is 3.15. The topological polar surface area (TPSA) is 41.1 Å². The van der Waals surface area contributed by atoms with Crippen LogP contribution in [0.4, 0.5) is 5.69 Å². The summed E-state index contributed by atoms with van der Waals surface area (Å²) in [6.45, 7) is 3.46. The molecule has 13 heavy (non-hydrogen) atoms. The van der Waals surface area contributed by atoms with Crippen molar-refractivity contribution >= 4 is 12.1 Å². The van der Waals surface area contributed by atoms with Crippen molar-refractivity contribution in [3.8, 4) is 0 Å². The summed E-state index contributed by atoms with van der Waals surface area (Å²) in [7, 11) is 0. The average Bonchev–Trinajstić information content (AvgIpc) is 2.15. The molecular formula is C10H14N2O. The molecule has 1 rings (SSSR count). The molecule has 0 saturated heterocycles. The van der Waals surface area contributed by atoms with E-state index >= 15 is 0 Å². The minimum absolute atomic E-state index is 0.651. The third-order valence-corrected chi connectivity index (χ3v) is 1.81. The molecule has 0 heterocycles. The summed E-state index contributed by atoms with van der Waals surface area (Å²) >= 11 is 0. The van der Waals surface area contributed by atoms with Gasteiger partial charge >= 0.3 is 0 Å². The fraction of sp³-hybridized carbons (Fsp3) is 0.300. The van der Waals surface area contributed by atoms with Gasteiger partial charge in [-0.25, -0.2) is 0 Å². The molecular weight excluding hydrogens is 164 g/mol. The molecule has 3 heteroatoms. The molecule has 0 radical (unpaired) electrons. The van der Waals surface area contributed by atoms with E-state index in [2.05, 4.69) is 23.6 Å². The highest BCUT2D eigenvalue weighted by atomic mass is 16.1. The van der Waals surface area contributed by atoms with E-state index in [1.54, 1.807) is 0 Å². The monoisotopic (exact) mass is 178 g/mol. The lowest BCUT2D eigenvalue weighted by Gasteiger charge is -2.07. The quantitative estimate of drug-likeness (QED) is 0.524. The maximum Gasteiger partial charge on any atom is 0.207 e. The highest BCUT2D eigenvalue weighted by Crippen LogP contribution is 2.11. The number of anilines is 1. The third-order valence-electron chi connectivity index (χ3n) is 1.81. The smallest absolute Gasteiger partial charge is 0.207 e. The molecule has 1 amide bonds. The Morgan fingerprint density at radius 3 is 2.77 bits per heavy atom. The second kappa shape index (κ2) is 5.19. The summed E-state index contributed by atoms with van der Waals surface area (Å²) in [5.41, 5.74) is 2.34. The average molecular weight is 178 g/mol. The molecule has 0 saturated carbocycles. The van der Waals surface area contributed by atoms with Gasteiger partial charge in [0.15, 0.2) is 0 Å². The zero-order valence-electron chi connectivity index (χ0n) is 7.71. The van der Waals surface area contributed by atoms with Gasteiger partial charge in [-0.3, -0.25) is 4.79 Å². The molecule has 1 aromatic rings. The molecule has 0 aliphatic heterocycles. The van der Waals surface area contributed by atoms with E-state index in [4.69, 9.17) is 0 Å². The van der Waals surface area contributed by atoms with E-state index in [1.807, 2.05) is 18.2 Å². The maximum atomic E-state index is 9.94. The second-order valence-electron chi connectivity index (χ2n) is 2.81. The Labute approximate surface area is 78.2 Å². The Hall–Kier alpha value is -1.51. The first-order chi connectivity index (χ1) is 6.34. The van der Waals surface area contributed by atoms with Crippen molar-refractivity contribution in [3.63, 3.8) is 0 Å². The van der Waals surface area contributed by atoms with Crippen LogP contribution in [-0.4, -0.2) is 19.5 Å². The zero-order chi connectivity index (χ0) is 9.52. The first-order valence-corrected chi connectivity index (χ1v) is 4.31. The molecule has 1 aromatic carbocycles. The van der Waals surface area contributed by atoms with E-state index in [0.717, 1.165) is 12.2 Å². The number of carbonyl (C=O) groups is 1. The largest absolute Gasteiger partial charge is 0.383 e. The molecule has 0 spiro atoms. The summed E-state index contributed by atoms with van der Waals surface area (Å²) in [6, 6.07) is 8.07. The van der Waals surface area contributed by atoms with Crippen molar-refractivity contribution in [1.29, 1.82) is 0 Å². The van der Waals surface area contributed by atoms with Crippen molar-refractivity contribution in [3.05, 3.63) is 29.8 Å². The van der Waals surface area contributed by atoms with Crippen molar-refractivity contribution in [2.45, 2.75) is 6.92 Å². The van der Waals surface area contributed by atoms with Crippen molar-refractivity contribution in [2.24, 2.45) is 0 Å². The van der Waals surface area contributed by atoms with Crippen LogP contribution in [0.25, 0.3) is 0 Å². The van der Waals surface area contributed by atoms with Crippen molar-refractivity contribution in [1.82, 2.24) is 5.32 Å². The molecule has 0 aromatic heterocycles. The zero-order valence-corrected chi connectivity index (χ0v) is 7.71. The summed E-state index contributed by atoms with van der Waals surface area (Å²) in [4.78, 5) is 9.94. The highest BCUT2D eigenvalue weighted by molar-refractivity contribution is 5.50. The normalized spacial score (nSPS) is 9.31. The van der Waals surface area contributed by atoms with E-state index < -0.39 is 0 Å². The first kappa shape index (κ1) is 9.58. The van der Waals surface area contributed by atoms with E-state index in [0.29, 0.717) is 13.0 Å². The van der Waals surface area contributed by atoms with Gasteiger partial charge in [0.25, 0.3) is 0 Å². The Kier molecular flexibility index (Phi) is 3.82. The molecule has 0 aliphatic carbocycles. The number of carbonyl (C=O) groups excluding carboxylic acids is 1. The van der Waals surface area contributed by atoms with Crippen LogP contribution < -0.4 is 10.6 Å². The fourth-order valence-corrected chi connectivity index (χ4v) is 1.10. The second-order valence-corrected chi connectivity index (χ2v) is 2.81. The summed E-state index contributed by atoms with van der Waals surface area (Å²) in [5.74, 6) is 0. The number of amides is 1. The van der Waals surface area contributed by atoms with E-state index in [-0.39, 0.29) is 0 Å². The van der Waals surface area contributed by atoms with Crippen LogP contribution in [0.1, 0.15) is 5.56 Å². The summed E-state index contributed by atoms with van der Waals surface area (Å²) in [5, 5.41) is 5.82. The number of nitrogens with one attached hydrogen (secondary N) is 2. The van der Waals surface area contributed by atoms with Gasteiger partial charge in [-0.15, -0.1) is 0 Å². The molecule has 0 unspecified atom stereocenters.